The number of fused-ring (bicyclic) bond motifs is 2. The second-order valence-electron chi connectivity index (χ2n) is 8.72. The number of hydrogen-bond donors (Lipinski definition) is 2. The standard InChI is InChI=1S/C26H30N6O5/c1-3-32-25(34)18-6-8-21(37-12-4-9-31-10-13-36-14-11-31)23(35-2)22(18)29-26(32)30-24(33)17-5-7-19-20(15-17)28-16-27-19/h5-8,15-16H,3-4,9-14H2,1-2H3,(H,27,28)(H,29,30,33). The summed E-state index contributed by atoms with van der Waals surface area (Å²) < 4.78 is 18.5. The van der Waals surface area contributed by atoms with Gasteiger partial charge in [0.2, 0.25) is 5.95 Å². The van der Waals surface area contributed by atoms with Crippen molar-refractivity contribution in [2.75, 3.05) is 51.9 Å². The number of anilines is 1. The van der Waals surface area contributed by atoms with E-state index >= 15 is 0 Å². The van der Waals surface area contributed by atoms with Crippen molar-refractivity contribution in [3.05, 3.63) is 52.6 Å². The molecule has 0 radical (unpaired) electrons. The highest BCUT2D eigenvalue weighted by molar-refractivity contribution is 6.05. The molecule has 1 saturated heterocycles. The van der Waals surface area contributed by atoms with Crippen LogP contribution in [0.4, 0.5) is 5.95 Å². The van der Waals surface area contributed by atoms with Crippen molar-refractivity contribution >= 4 is 33.8 Å². The van der Waals surface area contributed by atoms with E-state index < -0.39 is 0 Å². The van der Waals surface area contributed by atoms with E-state index in [1.165, 1.54) is 11.7 Å². The van der Waals surface area contributed by atoms with Crippen LogP contribution in [0.2, 0.25) is 0 Å². The number of imidazole rings is 1. The van der Waals surface area contributed by atoms with Crippen LogP contribution in [0.15, 0.2) is 41.5 Å². The van der Waals surface area contributed by atoms with Gasteiger partial charge in [-0.15, -0.1) is 0 Å². The number of carbonyl (C=O) groups is 1. The summed E-state index contributed by atoms with van der Waals surface area (Å²) in [6.07, 6.45) is 2.41. The molecule has 1 fully saturated rings. The number of carbonyl (C=O) groups excluding carboxylic acids is 1. The molecular formula is C26H30N6O5. The number of methoxy groups -OCH3 is 1. The predicted molar refractivity (Wildman–Crippen MR) is 140 cm³/mol. The summed E-state index contributed by atoms with van der Waals surface area (Å²) in [5, 5.41) is 3.18. The van der Waals surface area contributed by atoms with Crippen molar-refractivity contribution in [3.8, 4) is 11.5 Å². The zero-order chi connectivity index (χ0) is 25.8. The minimum absolute atomic E-state index is 0.137. The fraction of sp³-hybridized carbons (Fsp3) is 0.385. The summed E-state index contributed by atoms with van der Waals surface area (Å²) in [4.78, 5) is 40.5. The second-order valence-corrected chi connectivity index (χ2v) is 8.72. The fourth-order valence-corrected chi connectivity index (χ4v) is 4.49. The molecule has 194 valence electrons. The Morgan fingerprint density at radius 2 is 2.05 bits per heavy atom. The normalized spacial score (nSPS) is 14.2. The Hall–Kier alpha value is -3.96. The summed E-state index contributed by atoms with van der Waals surface area (Å²) in [7, 11) is 1.51. The molecule has 2 N–H and O–H groups in total. The molecule has 2 aromatic carbocycles. The lowest BCUT2D eigenvalue weighted by atomic mass is 10.2. The van der Waals surface area contributed by atoms with Crippen molar-refractivity contribution in [2.24, 2.45) is 0 Å². The summed E-state index contributed by atoms with van der Waals surface area (Å²) in [6.45, 7) is 6.94. The Morgan fingerprint density at radius 1 is 1.22 bits per heavy atom. The molecule has 5 rings (SSSR count). The van der Waals surface area contributed by atoms with Crippen molar-refractivity contribution in [1.29, 1.82) is 0 Å². The largest absolute Gasteiger partial charge is 0.491 e. The lowest BCUT2D eigenvalue weighted by Gasteiger charge is -2.26. The quantitative estimate of drug-likeness (QED) is 0.332. The zero-order valence-corrected chi connectivity index (χ0v) is 21.0. The lowest BCUT2D eigenvalue weighted by Crippen LogP contribution is -2.37. The second kappa shape index (κ2) is 11.0. The third-order valence-electron chi connectivity index (χ3n) is 6.45. The minimum Gasteiger partial charge on any atom is -0.491 e. The summed E-state index contributed by atoms with van der Waals surface area (Å²) in [6, 6.07) is 8.56. The van der Waals surface area contributed by atoms with Gasteiger partial charge in [0.15, 0.2) is 11.5 Å². The molecular weight excluding hydrogens is 476 g/mol. The molecule has 0 atom stereocenters. The number of morpholine rings is 1. The Morgan fingerprint density at radius 3 is 2.84 bits per heavy atom. The van der Waals surface area contributed by atoms with E-state index in [9.17, 15) is 9.59 Å². The van der Waals surface area contributed by atoms with Crippen LogP contribution < -0.4 is 20.3 Å². The Kier molecular flexibility index (Phi) is 7.33. The number of amides is 1. The van der Waals surface area contributed by atoms with Gasteiger partial charge >= 0.3 is 0 Å². The van der Waals surface area contributed by atoms with Gasteiger partial charge in [-0.2, -0.15) is 0 Å². The number of aromatic amines is 1. The van der Waals surface area contributed by atoms with Crippen LogP contribution >= 0.6 is 0 Å². The maximum atomic E-state index is 13.3. The number of H-pyrrole nitrogens is 1. The van der Waals surface area contributed by atoms with E-state index in [0.29, 0.717) is 41.1 Å². The van der Waals surface area contributed by atoms with Crippen LogP contribution in [0.3, 0.4) is 0 Å². The van der Waals surface area contributed by atoms with E-state index in [4.69, 9.17) is 14.2 Å². The summed E-state index contributed by atoms with van der Waals surface area (Å²) in [5.74, 6) is 0.607. The molecule has 11 heteroatoms. The van der Waals surface area contributed by atoms with Crippen LogP contribution in [0.5, 0.6) is 11.5 Å². The predicted octanol–water partition coefficient (Wildman–Crippen LogP) is 2.65. The third kappa shape index (κ3) is 5.13. The van der Waals surface area contributed by atoms with Crippen molar-refractivity contribution in [1.82, 2.24) is 24.4 Å². The fourth-order valence-electron chi connectivity index (χ4n) is 4.49. The smallest absolute Gasteiger partial charge is 0.262 e. The molecule has 1 aliphatic rings. The molecule has 1 aliphatic heterocycles. The van der Waals surface area contributed by atoms with Crippen LogP contribution in [-0.4, -0.2) is 76.9 Å². The van der Waals surface area contributed by atoms with Gasteiger partial charge in [-0.1, -0.05) is 0 Å². The number of nitrogens with one attached hydrogen (secondary N) is 2. The van der Waals surface area contributed by atoms with Crippen molar-refractivity contribution in [3.63, 3.8) is 0 Å². The first-order valence-electron chi connectivity index (χ1n) is 12.4. The molecule has 1 amide bonds. The molecule has 0 aliphatic carbocycles. The molecule has 37 heavy (non-hydrogen) atoms. The molecule has 0 unspecified atom stereocenters. The van der Waals surface area contributed by atoms with Gasteiger partial charge in [0.1, 0.15) is 5.52 Å². The highest BCUT2D eigenvalue weighted by Gasteiger charge is 2.19. The number of aromatic nitrogens is 4. The van der Waals surface area contributed by atoms with Gasteiger partial charge in [-0.25, -0.2) is 9.97 Å². The lowest BCUT2D eigenvalue weighted by molar-refractivity contribution is 0.0357. The average Bonchev–Trinajstić information content (AvgIpc) is 3.40. The molecule has 0 spiro atoms. The van der Waals surface area contributed by atoms with Gasteiger partial charge in [0, 0.05) is 31.7 Å². The van der Waals surface area contributed by atoms with E-state index in [-0.39, 0.29) is 17.4 Å². The number of hydrogen-bond acceptors (Lipinski definition) is 8. The Bertz CT molecular complexity index is 1470. The van der Waals surface area contributed by atoms with Gasteiger partial charge in [0.25, 0.3) is 11.5 Å². The molecule has 4 aromatic rings. The van der Waals surface area contributed by atoms with Crippen LogP contribution in [0.25, 0.3) is 21.9 Å². The maximum absolute atomic E-state index is 13.3. The van der Waals surface area contributed by atoms with E-state index in [0.717, 1.165) is 50.3 Å². The summed E-state index contributed by atoms with van der Waals surface area (Å²) in [5.41, 5.74) is 1.97. The highest BCUT2D eigenvalue weighted by Crippen LogP contribution is 2.34. The van der Waals surface area contributed by atoms with Crippen molar-refractivity contribution in [2.45, 2.75) is 19.9 Å². The Labute approximate surface area is 213 Å². The first-order valence-corrected chi connectivity index (χ1v) is 12.4. The highest BCUT2D eigenvalue weighted by atomic mass is 16.5. The van der Waals surface area contributed by atoms with Gasteiger partial charge < -0.3 is 19.2 Å². The van der Waals surface area contributed by atoms with Gasteiger partial charge in [-0.05, 0) is 43.7 Å². The summed E-state index contributed by atoms with van der Waals surface area (Å²) >= 11 is 0. The number of nitrogens with zero attached hydrogens (tertiary/aromatic N) is 4. The van der Waals surface area contributed by atoms with Crippen LogP contribution in [0.1, 0.15) is 23.7 Å². The molecule has 0 bridgehead atoms. The SMILES string of the molecule is CCn1c(NC(=O)c2ccc3nc[nH]c3c2)nc2c(OC)c(OCCCN3CCOCC3)ccc2c1=O. The monoisotopic (exact) mass is 506 g/mol. The van der Waals surface area contributed by atoms with Crippen molar-refractivity contribution < 1.29 is 19.0 Å². The topological polar surface area (TPSA) is 124 Å². The molecule has 2 aromatic heterocycles. The van der Waals surface area contributed by atoms with Crippen LogP contribution in [-0.2, 0) is 11.3 Å². The number of ether oxygens (including phenoxy) is 3. The van der Waals surface area contributed by atoms with Gasteiger partial charge in [-0.3, -0.25) is 24.4 Å². The number of rotatable bonds is 9. The molecule has 0 saturated carbocycles. The first-order chi connectivity index (χ1) is 18.1. The maximum Gasteiger partial charge on any atom is 0.262 e. The van der Waals surface area contributed by atoms with E-state index in [1.54, 1.807) is 36.7 Å². The average molecular weight is 507 g/mol. The Balaban J connectivity index is 1.40. The molecule has 11 nitrogen and oxygen atoms in total. The third-order valence-corrected chi connectivity index (χ3v) is 6.45. The zero-order valence-electron chi connectivity index (χ0n) is 21.0. The van der Waals surface area contributed by atoms with Crippen LogP contribution in [0, 0.1) is 0 Å². The first kappa shape index (κ1) is 24.7. The number of benzene rings is 2. The molecule has 3 heterocycles. The van der Waals surface area contributed by atoms with E-state index in [1.807, 2.05) is 6.92 Å². The van der Waals surface area contributed by atoms with Gasteiger partial charge in [0.05, 0.1) is 49.7 Å². The van der Waals surface area contributed by atoms with E-state index in [2.05, 4.69) is 25.2 Å². The minimum atomic E-state index is -0.389.